The second-order valence-electron chi connectivity index (χ2n) is 12.8. The van der Waals surface area contributed by atoms with E-state index in [9.17, 15) is 19.2 Å². The topological polar surface area (TPSA) is 144 Å². The summed E-state index contributed by atoms with van der Waals surface area (Å²) in [5.41, 5.74) is 11.7. The van der Waals surface area contributed by atoms with Crippen molar-refractivity contribution in [2.75, 3.05) is 59.1 Å². The number of rotatable bonds is 6. The number of benzene rings is 2. The van der Waals surface area contributed by atoms with Crippen LogP contribution < -0.4 is 5.73 Å². The highest BCUT2D eigenvalue weighted by atomic mass is 19.1. The van der Waals surface area contributed by atoms with Crippen molar-refractivity contribution in [3.05, 3.63) is 58.4 Å². The lowest BCUT2D eigenvalue weighted by atomic mass is 9.84. The van der Waals surface area contributed by atoms with E-state index >= 15 is 4.39 Å². The van der Waals surface area contributed by atoms with Gasteiger partial charge in [-0.15, -0.1) is 0 Å². The highest BCUT2D eigenvalue weighted by Gasteiger charge is 2.26. The van der Waals surface area contributed by atoms with Crippen molar-refractivity contribution in [3.63, 3.8) is 0 Å². The Bertz CT molecular complexity index is 1700. The normalized spacial score (nSPS) is 13.2. The molecule has 2 aliphatic rings. The van der Waals surface area contributed by atoms with Gasteiger partial charge in [-0.2, -0.15) is 0 Å². The van der Waals surface area contributed by atoms with Gasteiger partial charge in [0.15, 0.2) is 0 Å². The summed E-state index contributed by atoms with van der Waals surface area (Å²) in [6.45, 7) is 15.6. The number of pyridine rings is 1. The molecule has 2 heterocycles. The van der Waals surface area contributed by atoms with Crippen molar-refractivity contribution < 1.29 is 23.6 Å². The number of piperazine rings is 1. The lowest BCUT2D eigenvalue weighted by molar-refractivity contribution is -0.131. The highest BCUT2D eigenvalue weighted by Crippen LogP contribution is 2.38. The maximum absolute atomic E-state index is 15.3. The van der Waals surface area contributed by atoms with Gasteiger partial charge in [-0.05, 0) is 61.1 Å². The SMILES string of the molecule is CC.CC(=O)N(C)CCN(C)C(C)=O.CC(=O)N1CCN(C(=O)c2ccc(-c3nc4ccc(N)c(C=N)c4c4c3CCCC4)cc2F)CC1.CCC. The zero-order chi connectivity index (χ0) is 39.1. The van der Waals surface area contributed by atoms with Crippen LogP contribution >= 0.6 is 0 Å². The van der Waals surface area contributed by atoms with E-state index in [2.05, 4.69) is 13.8 Å². The summed E-state index contributed by atoms with van der Waals surface area (Å²) in [5.74, 6) is -0.921. The molecule has 1 aliphatic heterocycles. The van der Waals surface area contributed by atoms with Crippen LogP contribution in [0, 0.1) is 11.2 Å². The van der Waals surface area contributed by atoms with Crippen molar-refractivity contribution in [2.45, 2.75) is 80.6 Å². The van der Waals surface area contributed by atoms with Crippen LogP contribution in [0.2, 0.25) is 0 Å². The largest absolute Gasteiger partial charge is 0.398 e. The number of hydrogen-bond acceptors (Lipinski definition) is 7. The van der Waals surface area contributed by atoms with E-state index in [1.807, 2.05) is 19.9 Å². The zero-order valence-electron chi connectivity index (χ0n) is 32.6. The van der Waals surface area contributed by atoms with Crippen LogP contribution in [0.25, 0.3) is 22.2 Å². The van der Waals surface area contributed by atoms with Crippen molar-refractivity contribution in [1.29, 1.82) is 5.41 Å². The lowest BCUT2D eigenvalue weighted by Gasteiger charge is -2.34. The number of hydrogen-bond donors (Lipinski definition) is 2. The number of aryl methyl sites for hydroxylation is 1. The van der Waals surface area contributed by atoms with E-state index in [1.54, 1.807) is 45.8 Å². The van der Waals surface area contributed by atoms with E-state index in [0.29, 0.717) is 56.1 Å². The second-order valence-corrected chi connectivity index (χ2v) is 12.8. The molecule has 4 amide bonds. The molecule has 0 bridgehead atoms. The van der Waals surface area contributed by atoms with Gasteiger partial charge in [-0.3, -0.25) is 19.2 Å². The van der Waals surface area contributed by atoms with Crippen LogP contribution in [0.1, 0.15) is 94.8 Å². The maximum Gasteiger partial charge on any atom is 0.256 e. The molecular formula is C40H58FN7O4. The van der Waals surface area contributed by atoms with Gasteiger partial charge in [0.25, 0.3) is 5.91 Å². The molecule has 11 nitrogen and oxygen atoms in total. The Kier molecular flexibility index (Phi) is 17.4. The van der Waals surface area contributed by atoms with Crippen LogP contribution in [0.4, 0.5) is 10.1 Å². The fourth-order valence-corrected chi connectivity index (χ4v) is 5.90. The molecule has 0 atom stereocenters. The molecule has 1 aliphatic carbocycles. The van der Waals surface area contributed by atoms with Crippen molar-refractivity contribution in [1.82, 2.24) is 24.6 Å². The smallest absolute Gasteiger partial charge is 0.256 e. The minimum atomic E-state index is -0.578. The molecule has 3 N–H and O–H groups in total. The third-order valence-electron chi connectivity index (χ3n) is 9.02. The highest BCUT2D eigenvalue weighted by molar-refractivity contribution is 6.05. The molecule has 3 aromatic rings. The second kappa shape index (κ2) is 20.8. The summed E-state index contributed by atoms with van der Waals surface area (Å²) in [7, 11) is 3.44. The van der Waals surface area contributed by atoms with Crippen LogP contribution in [0.5, 0.6) is 0 Å². The van der Waals surface area contributed by atoms with Gasteiger partial charge >= 0.3 is 0 Å². The van der Waals surface area contributed by atoms with E-state index < -0.39 is 5.82 Å². The standard InChI is InChI=1S/C27H28FN5O2.C8H16N2O2.C3H8.C2H6/c1-16(34)32-10-12-33(13-11-32)27(35)20-7-6-17(14-22(20)28)26-19-5-3-2-4-18(19)25-21(15-29)23(30)8-9-24(25)31-26;1-7(11)9(3)5-6-10(4)8(2)12;1-3-2;1-2/h6-9,14-15,29H,2-5,10-13,30H2,1H3;5-6H2,1-4H3;3H2,1-2H3;1-2H3. The first kappa shape index (κ1) is 43.3. The quantitative estimate of drug-likeness (QED) is 0.230. The molecule has 1 fully saturated rings. The Morgan fingerprint density at radius 1 is 0.865 bits per heavy atom. The van der Waals surface area contributed by atoms with E-state index in [4.69, 9.17) is 16.1 Å². The van der Waals surface area contributed by atoms with Crippen molar-refractivity contribution >= 4 is 46.4 Å². The van der Waals surface area contributed by atoms with Gasteiger partial charge in [0, 0.05) is 103 Å². The van der Waals surface area contributed by atoms with Crippen molar-refractivity contribution in [2.24, 2.45) is 0 Å². The number of likely N-dealkylation sites (N-methyl/N-ethyl adjacent to an activating group) is 2. The number of nitrogens with one attached hydrogen (secondary N) is 1. The number of anilines is 1. The first-order valence-corrected chi connectivity index (χ1v) is 18.3. The van der Waals surface area contributed by atoms with E-state index in [0.717, 1.165) is 53.4 Å². The number of halogens is 1. The van der Waals surface area contributed by atoms with Gasteiger partial charge in [-0.1, -0.05) is 40.2 Å². The van der Waals surface area contributed by atoms with Crippen molar-refractivity contribution in [3.8, 4) is 11.3 Å². The molecule has 1 aromatic heterocycles. The summed E-state index contributed by atoms with van der Waals surface area (Å²) >= 11 is 0. The molecular weight excluding hydrogens is 661 g/mol. The van der Waals surface area contributed by atoms with Gasteiger partial charge in [0.1, 0.15) is 5.82 Å². The third-order valence-corrected chi connectivity index (χ3v) is 9.02. The molecule has 0 unspecified atom stereocenters. The first-order chi connectivity index (χ1) is 24.7. The fourth-order valence-electron chi connectivity index (χ4n) is 5.90. The van der Waals surface area contributed by atoms with Gasteiger partial charge in [0.05, 0.1) is 16.8 Å². The van der Waals surface area contributed by atoms with Crippen LogP contribution in [-0.4, -0.2) is 108 Å². The average Bonchev–Trinajstić information content (AvgIpc) is 3.14. The average molecular weight is 720 g/mol. The van der Waals surface area contributed by atoms with E-state index in [1.165, 1.54) is 45.5 Å². The molecule has 1 saturated heterocycles. The summed E-state index contributed by atoms with van der Waals surface area (Å²) in [4.78, 5) is 57.4. The third kappa shape index (κ3) is 11.1. The number of amides is 4. The molecule has 0 spiro atoms. The van der Waals surface area contributed by atoms with Crippen LogP contribution in [0.3, 0.4) is 0 Å². The van der Waals surface area contributed by atoms with Crippen LogP contribution in [0.15, 0.2) is 30.3 Å². The zero-order valence-corrected chi connectivity index (χ0v) is 32.6. The minimum absolute atomic E-state index is 0.0192. The Morgan fingerprint density at radius 3 is 1.87 bits per heavy atom. The Hall–Kier alpha value is -4.87. The first-order valence-electron chi connectivity index (χ1n) is 18.3. The summed E-state index contributed by atoms with van der Waals surface area (Å²) < 4.78 is 15.3. The molecule has 2 aromatic carbocycles. The maximum atomic E-state index is 15.3. The summed E-state index contributed by atoms with van der Waals surface area (Å²) in [6, 6.07) is 8.31. The van der Waals surface area contributed by atoms with Crippen LogP contribution in [-0.2, 0) is 27.2 Å². The molecule has 5 rings (SSSR count). The number of nitrogens with zero attached hydrogens (tertiary/aromatic N) is 5. The van der Waals surface area contributed by atoms with Gasteiger partial charge < -0.3 is 30.7 Å². The fraction of sp³-hybridized carbons (Fsp3) is 0.500. The Morgan fingerprint density at radius 2 is 1.38 bits per heavy atom. The predicted molar refractivity (Wildman–Crippen MR) is 208 cm³/mol. The summed E-state index contributed by atoms with van der Waals surface area (Å²) in [5, 5.41) is 8.78. The number of nitrogens with two attached hydrogens (primary N) is 1. The molecule has 0 radical (unpaired) electrons. The monoisotopic (exact) mass is 719 g/mol. The number of aromatic nitrogens is 1. The molecule has 52 heavy (non-hydrogen) atoms. The number of carbonyl (C=O) groups excluding carboxylic acids is 4. The predicted octanol–water partition coefficient (Wildman–Crippen LogP) is 6.19. The Balaban J connectivity index is 0.000000465. The Labute approximate surface area is 308 Å². The number of nitrogen functional groups attached to an aromatic ring is 1. The number of fused-ring (bicyclic) bond motifs is 3. The molecule has 284 valence electrons. The molecule has 12 heteroatoms. The van der Waals surface area contributed by atoms with Gasteiger partial charge in [-0.25, -0.2) is 9.37 Å². The number of carbonyl (C=O) groups is 4. The molecule has 0 saturated carbocycles. The van der Waals surface area contributed by atoms with E-state index in [-0.39, 0.29) is 29.2 Å². The minimum Gasteiger partial charge on any atom is -0.398 e. The lowest BCUT2D eigenvalue weighted by Crippen LogP contribution is -2.50. The van der Waals surface area contributed by atoms with Gasteiger partial charge in [0.2, 0.25) is 17.7 Å². The summed E-state index contributed by atoms with van der Waals surface area (Å²) in [6.07, 6.45) is 6.26.